The van der Waals surface area contributed by atoms with Crippen molar-refractivity contribution >= 4 is 33.3 Å². The minimum atomic E-state index is -0.0934. The van der Waals surface area contributed by atoms with Crippen molar-refractivity contribution in [2.45, 2.75) is 32.3 Å². The van der Waals surface area contributed by atoms with Crippen LogP contribution in [0.3, 0.4) is 0 Å². The lowest BCUT2D eigenvalue weighted by Crippen LogP contribution is -2.47. The molecule has 1 aliphatic heterocycles. The monoisotopic (exact) mass is 306 g/mol. The van der Waals surface area contributed by atoms with Gasteiger partial charge in [-0.2, -0.15) is 4.98 Å². The molecule has 1 fully saturated rings. The molecule has 21 heavy (non-hydrogen) atoms. The van der Waals surface area contributed by atoms with E-state index in [1.165, 1.54) is 0 Å². The van der Waals surface area contributed by atoms with E-state index in [9.17, 15) is 0 Å². The third-order valence-corrected chi connectivity index (χ3v) is 4.90. The Kier molecular flexibility index (Phi) is 3.99. The van der Waals surface area contributed by atoms with Crippen molar-refractivity contribution in [3.63, 3.8) is 0 Å². The lowest BCUT2D eigenvalue weighted by molar-refractivity contribution is -0.00475. The second-order valence-electron chi connectivity index (χ2n) is 5.72. The van der Waals surface area contributed by atoms with Crippen molar-refractivity contribution in [2.24, 2.45) is 0 Å². The second kappa shape index (κ2) is 5.77. The third-order valence-electron chi connectivity index (χ3n) is 4.09. The van der Waals surface area contributed by atoms with Gasteiger partial charge in [-0.1, -0.05) is 0 Å². The van der Waals surface area contributed by atoms with Gasteiger partial charge in [0.25, 0.3) is 0 Å². The summed E-state index contributed by atoms with van der Waals surface area (Å²) in [5.74, 6) is 1.74. The Morgan fingerprint density at radius 3 is 3.10 bits per heavy atom. The molecule has 114 valence electrons. The number of nitrogens with zero attached hydrogens (tertiary/aromatic N) is 3. The van der Waals surface area contributed by atoms with Gasteiger partial charge in [0.05, 0.1) is 11.0 Å². The molecule has 0 spiro atoms. The third kappa shape index (κ3) is 2.82. The van der Waals surface area contributed by atoms with E-state index in [4.69, 9.17) is 9.72 Å². The molecule has 3 heterocycles. The zero-order valence-corrected chi connectivity index (χ0v) is 13.7. The Balaban J connectivity index is 2.00. The van der Waals surface area contributed by atoms with Gasteiger partial charge in [-0.15, -0.1) is 11.3 Å². The number of ether oxygens (including phenoxy) is 1. The van der Waals surface area contributed by atoms with Crippen molar-refractivity contribution in [2.75, 3.05) is 37.0 Å². The van der Waals surface area contributed by atoms with Gasteiger partial charge in [0.1, 0.15) is 10.6 Å². The quantitative estimate of drug-likeness (QED) is 0.940. The molecule has 0 aromatic carbocycles. The van der Waals surface area contributed by atoms with Crippen molar-refractivity contribution in [1.29, 1.82) is 0 Å². The molecule has 0 saturated carbocycles. The Labute approximate surface area is 129 Å². The lowest BCUT2D eigenvalue weighted by atomic mass is 9.94. The topological polar surface area (TPSA) is 50.3 Å². The van der Waals surface area contributed by atoms with Crippen LogP contribution in [0.2, 0.25) is 0 Å². The number of hydrogen-bond donors (Lipinski definition) is 1. The van der Waals surface area contributed by atoms with Crippen LogP contribution in [0.15, 0.2) is 11.4 Å². The van der Waals surface area contributed by atoms with E-state index >= 15 is 0 Å². The predicted octanol–water partition coefficient (Wildman–Crippen LogP) is 3.13. The summed E-state index contributed by atoms with van der Waals surface area (Å²) in [4.78, 5) is 12.7. The van der Waals surface area contributed by atoms with Crippen LogP contribution < -0.4 is 10.2 Å². The van der Waals surface area contributed by atoms with Gasteiger partial charge in [0.15, 0.2) is 0 Å². The number of nitrogens with one attached hydrogen (secondary N) is 1. The molecule has 5 nitrogen and oxygen atoms in total. The first-order valence-corrected chi connectivity index (χ1v) is 8.32. The number of thiophene rings is 1. The molecule has 1 aliphatic rings. The van der Waals surface area contributed by atoms with Gasteiger partial charge < -0.3 is 15.0 Å². The molecule has 3 rings (SSSR count). The minimum Gasteiger partial charge on any atom is -0.377 e. The van der Waals surface area contributed by atoms with E-state index in [-0.39, 0.29) is 5.60 Å². The summed E-state index contributed by atoms with van der Waals surface area (Å²) >= 11 is 1.66. The van der Waals surface area contributed by atoms with E-state index in [0.717, 1.165) is 48.5 Å². The number of piperidine rings is 1. The van der Waals surface area contributed by atoms with Crippen molar-refractivity contribution in [3.05, 3.63) is 11.4 Å². The first kappa shape index (κ1) is 14.5. The normalized spacial score (nSPS) is 22.7. The molecule has 1 N–H and O–H groups in total. The molecule has 0 radical (unpaired) electrons. The lowest BCUT2D eigenvalue weighted by Gasteiger charge is -2.40. The van der Waals surface area contributed by atoms with Crippen molar-refractivity contribution < 1.29 is 4.74 Å². The smallest absolute Gasteiger partial charge is 0.226 e. The summed E-state index contributed by atoms with van der Waals surface area (Å²) < 4.78 is 5.70. The van der Waals surface area contributed by atoms with E-state index in [2.05, 4.69) is 40.5 Å². The first-order valence-electron chi connectivity index (χ1n) is 7.44. The van der Waals surface area contributed by atoms with Crippen LogP contribution >= 0.6 is 11.3 Å². The van der Waals surface area contributed by atoms with Gasteiger partial charge in [-0.25, -0.2) is 4.98 Å². The molecule has 0 bridgehead atoms. The highest BCUT2D eigenvalue weighted by Crippen LogP contribution is 2.33. The number of hydrogen-bond acceptors (Lipinski definition) is 6. The van der Waals surface area contributed by atoms with E-state index in [0.29, 0.717) is 5.95 Å². The average Bonchev–Trinajstić information content (AvgIpc) is 2.95. The fourth-order valence-corrected chi connectivity index (χ4v) is 3.63. The van der Waals surface area contributed by atoms with Crippen LogP contribution in [0.4, 0.5) is 11.8 Å². The molecule has 1 atom stereocenters. The van der Waals surface area contributed by atoms with Crippen LogP contribution in [0.1, 0.15) is 26.7 Å². The van der Waals surface area contributed by atoms with Crippen LogP contribution in [0.25, 0.3) is 10.2 Å². The summed E-state index contributed by atoms with van der Waals surface area (Å²) in [5, 5.41) is 6.45. The van der Waals surface area contributed by atoms with Crippen LogP contribution in [0, 0.1) is 0 Å². The molecular formula is C15H22N4OS. The first-order chi connectivity index (χ1) is 10.1. The highest BCUT2D eigenvalue weighted by molar-refractivity contribution is 7.16. The van der Waals surface area contributed by atoms with Crippen LogP contribution in [0.5, 0.6) is 0 Å². The maximum absolute atomic E-state index is 5.70. The molecule has 0 amide bonds. The standard InChI is InChI=1S/C15H22N4OS/c1-4-16-14-17-12(11-6-9-21-13(11)18-14)19-8-5-7-15(2,10-19)20-3/h6,9H,4-5,7-8,10H2,1-3H3,(H,16,17,18). The molecule has 2 aromatic rings. The zero-order chi connectivity index (χ0) is 14.9. The van der Waals surface area contributed by atoms with E-state index < -0.39 is 0 Å². The van der Waals surface area contributed by atoms with Gasteiger partial charge >= 0.3 is 0 Å². The fourth-order valence-electron chi connectivity index (χ4n) is 2.87. The number of methoxy groups -OCH3 is 1. The summed E-state index contributed by atoms with van der Waals surface area (Å²) in [5.41, 5.74) is -0.0934. The highest BCUT2D eigenvalue weighted by Gasteiger charge is 2.32. The zero-order valence-electron chi connectivity index (χ0n) is 12.8. The highest BCUT2D eigenvalue weighted by atomic mass is 32.1. The van der Waals surface area contributed by atoms with Crippen molar-refractivity contribution in [3.8, 4) is 0 Å². The van der Waals surface area contributed by atoms with Crippen LogP contribution in [-0.4, -0.2) is 42.3 Å². The fraction of sp³-hybridized carbons (Fsp3) is 0.600. The number of fused-ring (bicyclic) bond motifs is 1. The Bertz CT molecular complexity index is 629. The maximum atomic E-state index is 5.70. The predicted molar refractivity (Wildman–Crippen MR) is 88.4 cm³/mol. The minimum absolute atomic E-state index is 0.0934. The maximum Gasteiger partial charge on any atom is 0.226 e. The van der Waals surface area contributed by atoms with Gasteiger partial charge in [0, 0.05) is 26.7 Å². The molecule has 0 aliphatic carbocycles. The largest absolute Gasteiger partial charge is 0.377 e. The molecule has 1 unspecified atom stereocenters. The Morgan fingerprint density at radius 2 is 2.33 bits per heavy atom. The SMILES string of the molecule is CCNc1nc(N2CCCC(C)(OC)C2)c2ccsc2n1. The molecule has 6 heteroatoms. The molecule has 2 aromatic heterocycles. The molecule has 1 saturated heterocycles. The van der Waals surface area contributed by atoms with Gasteiger partial charge in [-0.3, -0.25) is 0 Å². The van der Waals surface area contributed by atoms with Crippen LogP contribution in [-0.2, 0) is 4.74 Å². The van der Waals surface area contributed by atoms with Crippen molar-refractivity contribution in [1.82, 2.24) is 9.97 Å². The number of anilines is 2. The van der Waals surface area contributed by atoms with Gasteiger partial charge in [0.2, 0.25) is 5.95 Å². The Hall–Kier alpha value is -1.40. The summed E-state index contributed by atoms with van der Waals surface area (Å²) in [6.07, 6.45) is 2.22. The van der Waals surface area contributed by atoms with E-state index in [1.54, 1.807) is 18.4 Å². The molecular weight excluding hydrogens is 284 g/mol. The second-order valence-corrected chi connectivity index (χ2v) is 6.61. The summed E-state index contributed by atoms with van der Waals surface area (Å²) in [7, 11) is 1.80. The summed E-state index contributed by atoms with van der Waals surface area (Å²) in [6, 6.07) is 2.11. The number of rotatable bonds is 4. The average molecular weight is 306 g/mol. The number of aromatic nitrogens is 2. The summed E-state index contributed by atoms with van der Waals surface area (Å²) in [6.45, 7) is 6.95. The van der Waals surface area contributed by atoms with Gasteiger partial charge in [-0.05, 0) is 38.1 Å². The van der Waals surface area contributed by atoms with E-state index in [1.807, 2.05) is 0 Å². The Morgan fingerprint density at radius 1 is 1.48 bits per heavy atom.